The van der Waals surface area contributed by atoms with Gasteiger partial charge in [0.25, 0.3) is 0 Å². The molecule has 3 aliphatic rings. The third-order valence-corrected chi connectivity index (χ3v) is 6.37. The SMILES string of the molecule is NC1=NC(C2C[N+]23CCCCC3)(C(Cl)(Cl)Cl)Nc2ccccc21. The standard InChI is InChI=1S/C16H20Cl3N4/c17-16(18,19)15(13-10-23(13)8-4-1-5-9-23)21-12-7-3-2-6-11(12)14(20)22-15/h2-3,6-7,13,21H,1,4-5,8-10H2,(H2,20,22)/q+1. The predicted molar refractivity (Wildman–Crippen MR) is 96.3 cm³/mol. The molecule has 7 heteroatoms. The van der Waals surface area contributed by atoms with Crippen LogP contribution in [0.15, 0.2) is 29.3 Å². The third kappa shape index (κ3) is 2.34. The van der Waals surface area contributed by atoms with Crippen LogP contribution in [0.5, 0.6) is 0 Å². The number of nitrogens with one attached hydrogen (secondary N) is 1. The summed E-state index contributed by atoms with van der Waals surface area (Å²) in [5, 5.41) is 3.44. The summed E-state index contributed by atoms with van der Waals surface area (Å²) in [6.07, 6.45) is 3.74. The van der Waals surface area contributed by atoms with E-state index in [1.807, 2.05) is 24.3 Å². The molecule has 0 aliphatic carbocycles. The molecule has 2 unspecified atom stereocenters. The van der Waals surface area contributed by atoms with Crippen molar-refractivity contribution in [2.75, 3.05) is 25.0 Å². The van der Waals surface area contributed by atoms with Crippen LogP contribution in [-0.4, -0.2) is 45.5 Å². The molecule has 23 heavy (non-hydrogen) atoms. The number of nitrogens with zero attached hydrogens (tertiary/aromatic N) is 2. The van der Waals surface area contributed by atoms with Crippen molar-refractivity contribution in [2.24, 2.45) is 10.7 Å². The van der Waals surface area contributed by atoms with Gasteiger partial charge in [-0.25, -0.2) is 4.99 Å². The Morgan fingerprint density at radius 3 is 2.57 bits per heavy atom. The van der Waals surface area contributed by atoms with Gasteiger partial charge in [-0.1, -0.05) is 46.9 Å². The number of piperidine rings is 1. The third-order valence-electron chi connectivity index (χ3n) is 5.51. The predicted octanol–water partition coefficient (Wildman–Crippen LogP) is 3.27. The van der Waals surface area contributed by atoms with Crippen LogP contribution in [0.2, 0.25) is 0 Å². The average molecular weight is 375 g/mol. The van der Waals surface area contributed by atoms with E-state index in [0.717, 1.165) is 35.4 Å². The molecule has 3 aliphatic heterocycles. The van der Waals surface area contributed by atoms with Crippen LogP contribution in [0.25, 0.3) is 0 Å². The largest absolute Gasteiger partial charge is 0.383 e. The van der Waals surface area contributed by atoms with E-state index in [2.05, 4.69) is 5.32 Å². The quantitative estimate of drug-likeness (QED) is 0.450. The molecule has 2 saturated heterocycles. The maximum atomic E-state index is 6.43. The molecule has 124 valence electrons. The van der Waals surface area contributed by atoms with Crippen molar-refractivity contribution in [2.45, 2.75) is 34.8 Å². The number of hydrogen-bond acceptors (Lipinski definition) is 3. The zero-order chi connectivity index (χ0) is 16.3. The van der Waals surface area contributed by atoms with Crippen LogP contribution in [0.3, 0.4) is 0 Å². The Morgan fingerprint density at radius 1 is 1.17 bits per heavy atom. The number of fused-ring (bicyclic) bond motifs is 1. The smallest absolute Gasteiger partial charge is 0.239 e. The highest BCUT2D eigenvalue weighted by atomic mass is 35.6. The number of hydrogen-bond donors (Lipinski definition) is 2. The first-order valence-corrected chi connectivity index (χ1v) is 9.17. The number of aliphatic imine (C=N–C) groups is 1. The number of nitrogens with two attached hydrogens (primary N) is 1. The maximum absolute atomic E-state index is 6.43. The Morgan fingerprint density at radius 2 is 1.87 bits per heavy atom. The van der Waals surface area contributed by atoms with Crippen molar-refractivity contribution in [3.05, 3.63) is 29.8 Å². The number of anilines is 1. The van der Waals surface area contributed by atoms with E-state index in [4.69, 9.17) is 45.5 Å². The first-order chi connectivity index (χ1) is 10.9. The van der Waals surface area contributed by atoms with Crippen molar-refractivity contribution >= 4 is 46.3 Å². The zero-order valence-electron chi connectivity index (χ0n) is 12.7. The molecule has 0 radical (unpaired) electrons. The summed E-state index contributed by atoms with van der Waals surface area (Å²) in [4.78, 5) is 4.71. The molecule has 3 heterocycles. The minimum Gasteiger partial charge on any atom is -0.383 e. The first-order valence-electron chi connectivity index (χ1n) is 8.03. The van der Waals surface area contributed by atoms with Crippen LogP contribution in [0, 0.1) is 0 Å². The van der Waals surface area contributed by atoms with E-state index in [1.54, 1.807) is 0 Å². The van der Waals surface area contributed by atoms with Gasteiger partial charge < -0.3 is 15.5 Å². The highest BCUT2D eigenvalue weighted by molar-refractivity contribution is 6.68. The molecule has 4 nitrogen and oxygen atoms in total. The summed E-state index contributed by atoms with van der Waals surface area (Å²) in [7, 11) is 0. The first kappa shape index (κ1) is 15.8. The number of alkyl halides is 3. The Kier molecular flexibility index (Phi) is 3.55. The van der Waals surface area contributed by atoms with Gasteiger partial charge in [0.05, 0.1) is 13.1 Å². The van der Waals surface area contributed by atoms with E-state index in [9.17, 15) is 0 Å². The molecule has 1 aromatic rings. The second-order valence-electron chi connectivity index (χ2n) is 6.86. The van der Waals surface area contributed by atoms with Crippen molar-refractivity contribution in [1.82, 2.24) is 0 Å². The lowest BCUT2D eigenvalue weighted by Gasteiger charge is -2.41. The fourth-order valence-electron chi connectivity index (χ4n) is 4.24. The zero-order valence-corrected chi connectivity index (χ0v) is 15.0. The Balaban J connectivity index is 1.78. The minimum atomic E-state index is -1.57. The normalized spacial score (nSPS) is 32.0. The van der Waals surface area contributed by atoms with Crippen molar-refractivity contribution in [3.63, 3.8) is 0 Å². The van der Waals surface area contributed by atoms with Gasteiger partial charge >= 0.3 is 0 Å². The lowest BCUT2D eigenvalue weighted by molar-refractivity contribution is -0.821. The number of rotatable bonds is 1. The van der Waals surface area contributed by atoms with Gasteiger partial charge in [0, 0.05) is 11.3 Å². The van der Waals surface area contributed by atoms with E-state index in [1.165, 1.54) is 19.3 Å². The summed E-state index contributed by atoms with van der Waals surface area (Å²) in [5.74, 6) is 0.438. The molecule has 2 fully saturated rings. The number of benzene rings is 1. The highest BCUT2D eigenvalue weighted by Crippen LogP contribution is 2.54. The van der Waals surface area contributed by atoms with Crippen molar-refractivity contribution < 1.29 is 4.48 Å². The number of quaternary nitrogens is 1. The van der Waals surface area contributed by atoms with Gasteiger partial charge in [-0.2, -0.15) is 0 Å². The molecule has 0 aromatic heterocycles. The molecule has 2 atom stereocenters. The summed E-state index contributed by atoms with van der Waals surface area (Å²) < 4.78 is -0.588. The lowest BCUT2D eigenvalue weighted by Crippen LogP contribution is -2.59. The van der Waals surface area contributed by atoms with Crippen LogP contribution >= 0.6 is 34.8 Å². The van der Waals surface area contributed by atoms with Gasteiger partial charge in [-0.3, -0.25) is 0 Å². The van der Waals surface area contributed by atoms with Crippen LogP contribution in [-0.2, 0) is 0 Å². The fraction of sp³-hybridized carbons (Fsp3) is 0.562. The van der Waals surface area contributed by atoms with Gasteiger partial charge in [-0.05, 0) is 31.4 Å². The summed E-state index contributed by atoms with van der Waals surface area (Å²) in [6, 6.07) is 7.92. The molecule has 0 saturated carbocycles. The summed E-state index contributed by atoms with van der Waals surface area (Å²) >= 11 is 19.3. The molecule has 3 N–H and O–H groups in total. The monoisotopic (exact) mass is 373 g/mol. The van der Waals surface area contributed by atoms with Gasteiger partial charge in [-0.15, -0.1) is 0 Å². The van der Waals surface area contributed by atoms with Crippen LogP contribution in [0.4, 0.5) is 5.69 Å². The molecule has 0 amide bonds. The fourth-order valence-corrected chi connectivity index (χ4v) is 4.89. The molecule has 1 aromatic carbocycles. The number of halogens is 3. The minimum absolute atomic E-state index is 0.141. The molecular formula is C16H20Cl3N4+. The Labute approximate surface area is 151 Å². The van der Waals surface area contributed by atoms with Crippen molar-refractivity contribution in [1.29, 1.82) is 0 Å². The van der Waals surface area contributed by atoms with Gasteiger partial charge in [0.2, 0.25) is 9.46 Å². The number of amidine groups is 1. The highest BCUT2D eigenvalue weighted by Gasteiger charge is 2.73. The van der Waals surface area contributed by atoms with Crippen LogP contribution < -0.4 is 11.1 Å². The van der Waals surface area contributed by atoms with Crippen molar-refractivity contribution in [3.8, 4) is 0 Å². The lowest BCUT2D eigenvalue weighted by atomic mass is 10.0. The molecule has 0 bridgehead atoms. The average Bonchev–Trinajstić information content (AvgIpc) is 3.20. The summed E-state index contributed by atoms with van der Waals surface area (Å²) in [6.45, 7) is 3.25. The van der Waals surface area contributed by atoms with E-state index >= 15 is 0 Å². The number of para-hydroxylation sites is 1. The van der Waals surface area contributed by atoms with E-state index in [-0.39, 0.29) is 6.04 Å². The molecular weight excluding hydrogens is 355 g/mol. The topological polar surface area (TPSA) is 50.4 Å². The van der Waals surface area contributed by atoms with E-state index < -0.39 is 9.46 Å². The second-order valence-corrected chi connectivity index (χ2v) is 9.14. The Hall–Kier alpha value is -0.680. The second kappa shape index (κ2) is 5.16. The molecule has 4 rings (SSSR count). The Bertz CT molecular complexity index is 664. The van der Waals surface area contributed by atoms with Gasteiger partial charge in [0.1, 0.15) is 12.4 Å². The summed E-state index contributed by atoms with van der Waals surface area (Å²) in [5.41, 5.74) is 6.97. The molecule has 1 spiro atoms. The van der Waals surface area contributed by atoms with E-state index in [0.29, 0.717) is 5.84 Å². The van der Waals surface area contributed by atoms with Gasteiger partial charge in [0.15, 0.2) is 6.04 Å². The van der Waals surface area contributed by atoms with Crippen LogP contribution in [0.1, 0.15) is 24.8 Å². The maximum Gasteiger partial charge on any atom is 0.239 e.